The number of carbonyl (C=O) groups is 1. The summed E-state index contributed by atoms with van der Waals surface area (Å²) in [5, 5.41) is 10.6. The van der Waals surface area contributed by atoms with Crippen LogP contribution in [0.25, 0.3) is 0 Å². The first-order chi connectivity index (χ1) is 12.7. The van der Waals surface area contributed by atoms with Crippen LogP contribution in [0.2, 0.25) is 0 Å². The molecule has 1 aromatic rings. The highest BCUT2D eigenvalue weighted by molar-refractivity contribution is 8.03. The number of fused-ring (bicyclic) bond motifs is 1. The molecule has 2 heterocycles. The Morgan fingerprint density at radius 1 is 1.15 bits per heavy atom. The molecule has 4 rings (SSSR count). The number of nitriles is 1. The van der Waals surface area contributed by atoms with Gasteiger partial charge in [0, 0.05) is 18.4 Å². The minimum absolute atomic E-state index is 0.0568. The highest BCUT2D eigenvalue weighted by atomic mass is 32.2. The van der Waals surface area contributed by atoms with Gasteiger partial charge in [-0.1, -0.05) is 43.2 Å². The maximum atomic E-state index is 13.2. The van der Waals surface area contributed by atoms with E-state index in [1.54, 1.807) is 28.8 Å². The van der Waals surface area contributed by atoms with Crippen LogP contribution in [0.5, 0.6) is 0 Å². The Labute approximate surface area is 157 Å². The number of carbonyl (C=O) groups excluding carboxylic acids is 1. The number of nitrogens with zero attached hydrogens (tertiary/aromatic N) is 3. The van der Waals surface area contributed by atoms with E-state index in [-0.39, 0.29) is 24.1 Å². The van der Waals surface area contributed by atoms with E-state index in [4.69, 9.17) is 0 Å². The summed E-state index contributed by atoms with van der Waals surface area (Å²) in [7, 11) is 0. The van der Waals surface area contributed by atoms with E-state index in [9.17, 15) is 14.4 Å². The second-order valence-corrected chi connectivity index (χ2v) is 8.19. The highest BCUT2D eigenvalue weighted by Crippen LogP contribution is 2.43. The normalized spacial score (nSPS) is 25.2. The molecule has 0 N–H and O–H groups in total. The molecule has 2 aliphatic heterocycles. The van der Waals surface area contributed by atoms with Crippen molar-refractivity contribution < 1.29 is 9.18 Å². The summed E-state index contributed by atoms with van der Waals surface area (Å²) >= 11 is 1.60. The van der Waals surface area contributed by atoms with Gasteiger partial charge in [0.15, 0.2) is 0 Å². The largest absolute Gasteiger partial charge is 0.292 e. The molecule has 26 heavy (non-hydrogen) atoms. The fraction of sp³-hybridized carbons (Fsp3) is 0.500. The van der Waals surface area contributed by atoms with Crippen LogP contribution in [0.15, 0.2) is 34.9 Å². The Bertz CT molecular complexity index is 764. The number of hydrogen-bond donors (Lipinski definition) is 0. The lowest BCUT2D eigenvalue weighted by Gasteiger charge is -2.44. The number of halogens is 1. The SMILES string of the molecule is N#CC1=C2SCN(C3CCCCC3)CN2C(=O)CC1c1ccc(F)cc1. The van der Waals surface area contributed by atoms with Crippen molar-refractivity contribution in [2.24, 2.45) is 0 Å². The van der Waals surface area contributed by atoms with Gasteiger partial charge in [0.2, 0.25) is 5.91 Å². The molecular formula is C20H22FN3OS. The first-order valence-corrected chi connectivity index (χ1v) is 10.2. The molecule has 0 spiro atoms. The average molecular weight is 371 g/mol. The van der Waals surface area contributed by atoms with E-state index in [1.807, 2.05) is 0 Å². The summed E-state index contributed by atoms with van der Waals surface area (Å²) in [5.41, 5.74) is 1.48. The fourth-order valence-electron chi connectivity index (χ4n) is 4.23. The minimum Gasteiger partial charge on any atom is -0.292 e. The average Bonchev–Trinajstić information content (AvgIpc) is 2.69. The number of hydrogen-bond acceptors (Lipinski definition) is 4. The van der Waals surface area contributed by atoms with Gasteiger partial charge < -0.3 is 0 Å². The van der Waals surface area contributed by atoms with Gasteiger partial charge in [0.25, 0.3) is 0 Å². The number of thioether (sulfide) groups is 1. The van der Waals surface area contributed by atoms with Crippen molar-refractivity contribution in [2.45, 2.75) is 50.5 Å². The smallest absolute Gasteiger partial charge is 0.229 e. The topological polar surface area (TPSA) is 47.3 Å². The molecule has 3 aliphatic rings. The van der Waals surface area contributed by atoms with E-state index in [2.05, 4.69) is 11.0 Å². The zero-order valence-corrected chi connectivity index (χ0v) is 15.5. The summed E-state index contributed by atoms with van der Waals surface area (Å²) in [4.78, 5) is 17.0. The van der Waals surface area contributed by atoms with Gasteiger partial charge in [0.1, 0.15) is 5.82 Å². The third-order valence-corrected chi connectivity index (χ3v) is 6.85. The van der Waals surface area contributed by atoms with Crippen molar-refractivity contribution in [1.82, 2.24) is 9.80 Å². The summed E-state index contributed by atoms with van der Waals surface area (Å²) < 4.78 is 13.2. The predicted molar refractivity (Wildman–Crippen MR) is 99.3 cm³/mol. The summed E-state index contributed by atoms with van der Waals surface area (Å²) in [6.07, 6.45) is 6.51. The second-order valence-electron chi connectivity index (χ2n) is 7.26. The van der Waals surface area contributed by atoms with Crippen molar-refractivity contribution in [3.05, 3.63) is 46.2 Å². The molecule has 2 fully saturated rings. The monoisotopic (exact) mass is 371 g/mol. The standard InChI is InChI=1S/C20H22FN3OS/c21-15-8-6-14(7-9-15)17-10-19(25)24-12-23(16-4-2-1-3-5-16)13-26-20(24)18(17)11-22/h6-9,16-17H,1-5,10,12-13H2. The zero-order chi connectivity index (χ0) is 18.1. The van der Waals surface area contributed by atoms with Gasteiger partial charge in [-0.2, -0.15) is 5.26 Å². The molecule has 136 valence electrons. The lowest BCUT2D eigenvalue weighted by Crippen LogP contribution is -2.51. The van der Waals surface area contributed by atoms with E-state index < -0.39 is 0 Å². The Morgan fingerprint density at radius 2 is 1.88 bits per heavy atom. The number of rotatable bonds is 2. The first kappa shape index (κ1) is 17.6. The Hall–Kier alpha value is -1.84. The van der Waals surface area contributed by atoms with Crippen molar-refractivity contribution in [2.75, 3.05) is 12.5 Å². The van der Waals surface area contributed by atoms with E-state index in [1.165, 1.54) is 44.2 Å². The number of amides is 1. The minimum atomic E-state index is -0.307. The molecule has 1 saturated carbocycles. The highest BCUT2D eigenvalue weighted by Gasteiger charge is 2.39. The van der Waals surface area contributed by atoms with Gasteiger partial charge in [-0.15, -0.1) is 0 Å². The van der Waals surface area contributed by atoms with Gasteiger partial charge in [-0.3, -0.25) is 14.6 Å². The lowest BCUT2D eigenvalue weighted by atomic mass is 9.86. The number of benzene rings is 1. The second kappa shape index (κ2) is 7.42. The lowest BCUT2D eigenvalue weighted by molar-refractivity contribution is -0.132. The van der Waals surface area contributed by atoms with Crippen LogP contribution in [0.4, 0.5) is 4.39 Å². The Kier molecular flexibility index (Phi) is 5.01. The van der Waals surface area contributed by atoms with E-state index in [0.717, 1.165) is 16.5 Å². The van der Waals surface area contributed by atoms with Crippen LogP contribution < -0.4 is 0 Å². The predicted octanol–water partition coefficient (Wildman–Crippen LogP) is 4.17. The molecule has 1 aliphatic carbocycles. The first-order valence-electron chi connectivity index (χ1n) is 9.24. The molecule has 1 unspecified atom stereocenters. The molecular weight excluding hydrogens is 349 g/mol. The van der Waals surface area contributed by atoms with Crippen LogP contribution in [-0.4, -0.2) is 34.3 Å². The van der Waals surface area contributed by atoms with Gasteiger partial charge in [-0.05, 0) is 30.5 Å². The van der Waals surface area contributed by atoms with Crippen LogP contribution in [0.1, 0.15) is 50.0 Å². The van der Waals surface area contributed by atoms with E-state index >= 15 is 0 Å². The Balaban J connectivity index is 1.60. The van der Waals surface area contributed by atoms with E-state index in [0.29, 0.717) is 18.3 Å². The van der Waals surface area contributed by atoms with Crippen molar-refractivity contribution in [3.63, 3.8) is 0 Å². The maximum Gasteiger partial charge on any atom is 0.229 e. The molecule has 1 amide bonds. The van der Waals surface area contributed by atoms with Gasteiger partial charge in [0.05, 0.1) is 29.2 Å². The van der Waals surface area contributed by atoms with Crippen LogP contribution in [0.3, 0.4) is 0 Å². The molecule has 1 atom stereocenters. The molecule has 0 radical (unpaired) electrons. The molecule has 1 saturated heterocycles. The molecule has 4 nitrogen and oxygen atoms in total. The third-order valence-electron chi connectivity index (χ3n) is 5.68. The summed E-state index contributed by atoms with van der Waals surface area (Å²) in [6, 6.07) is 9.03. The third kappa shape index (κ3) is 3.26. The van der Waals surface area contributed by atoms with Crippen LogP contribution in [-0.2, 0) is 4.79 Å². The van der Waals surface area contributed by atoms with Gasteiger partial charge >= 0.3 is 0 Å². The molecule has 0 aromatic heterocycles. The fourth-order valence-corrected chi connectivity index (χ4v) is 5.47. The number of allylic oxidation sites excluding steroid dienone is 1. The summed E-state index contributed by atoms with van der Waals surface area (Å²) in [5.74, 6) is 0.304. The zero-order valence-electron chi connectivity index (χ0n) is 14.7. The Morgan fingerprint density at radius 3 is 2.58 bits per heavy atom. The maximum absolute atomic E-state index is 13.2. The van der Waals surface area contributed by atoms with Crippen LogP contribution in [0, 0.1) is 17.1 Å². The summed E-state index contributed by atoms with van der Waals surface area (Å²) in [6.45, 7) is 0.590. The van der Waals surface area contributed by atoms with Crippen molar-refractivity contribution in [3.8, 4) is 6.07 Å². The van der Waals surface area contributed by atoms with Crippen molar-refractivity contribution in [1.29, 1.82) is 5.26 Å². The quantitative estimate of drug-likeness (QED) is 0.783. The molecule has 6 heteroatoms. The van der Waals surface area contributed by atoms with Crippen LogP contribution >= 0.6 is 11.8 Å². The van der Waals surface area contributed by atoms with Gasteiger partial charge in [-0.25, -0.2) is 4.39 Å². The molecule has 0 bridgehead atoms. The van der Waals surface area contributed by atoms with Crippen molar-refractivity contribution >= 4 is 17.7 Å². The molecule has 1 aromatic carbocycles.